The molecule has 0 radical (unpaired) electrons. The molecule has 2 rings (SSSR count). The molecule has 0 aliphatic heterocycles. The molecule has 0 bridgehead atoms. The van der Waals surface area contributed by atoms with Crippen molar-refractivity contribution in [1.29, 1.82) is 0 Å². The minimum absolute atomic E-state index is 0.0578. The maximum atomic E-state index is 11.8. The van der Waals surface area contributed by atoms with E-state index in [9.17, 15) is 9.90 Å². The van der Waals surface area contributed by atoms with Crippen LogP contribution in [0.5, 0.6) is 11.5 Å². The van der Waals surface area contributed by atoms with Crippen LogP contribution < -0.4 is 4.74 Å². The molecule has 86 valence electrons. The van der Waals surface area contributed by atoms with E-state index in [-0.39, 0.29) is 5.75 Å². The van der Waals surface area contributed by atoms with Gasteiger partial charge in [-0.15, -0.1) is 0 Å². The summed E-state index contributed by atoms with van der Waals surface area (Å²) in [6.45, 7) is 0. The fourth-order valence-electron chi connectivity index (χ4n) is 1.34. The highest BCUT2D eigenvalue weighted by Crippen LogP contribution is 2.21. The summed E-state index contributed by atoms with van der Waals surface area (Å²) >= 11 is 3.27. The van der Waals surface area contributed by atoms with E-state index in [1.54, 1.807) is 30.3 Å². The molecule has 0 saturated carbocycles. The number of benzene rings is 2. The van der Waals surface area contributed by atoms with Crippen LogP contribution in [0.15, 0.2) is 53.0 Å². The molecule has 2 aromatic rings. The first-order valence-electron chi connectivity index (χ1n) is 4.92. The Morgan fingerprint density at radius 1 is 1.12 bits per heavy atom. The van der Waals surface area contributed by atoms with Crippen LogP contribution in [0.2, 0.25) is 0 Å². The normalized spacial score (nSPS) is 9.94. The summed E-state index contributed by atoms with van der Waals surface area (Å²) in [5, 5.41) is 9.25. The molecular weight excluding hydrogens is 284 g/mol. The van der Waals surface area contributed by atoms with Crippen LogP contribution in [-0.2, 0) is 0 Å². The Hall–Kier alpha value is -1.81. The third-order valence-electron chi connectivity index (χ3n) is 2.12. The second-order valence-corrected chi connectivity index (χ2v) is 4.22. The number of phenols is 1. The van der Waals surface area contributed by atoms with Crippen molar-refractivity contribution < 1.29 is 14.6 Å². The summed E-state index contributed by atoms with van der Waals surface area (Å²) in [5.41, 5.74) is 0.441. The fraction of sp³-hybridized carbons (Fsp3) is 0. The highest BCUT2D eigenvalue weighted by Gasteiger charge is 2.11. The lowest BCUT2D eigenvalue weighted by atomic mass is 10.2. The number of hydrogen-bond acceptors (Lipinski definition) is 3. The quantitative estimate of drug-likeness (QED) is 0.682. The summed E-state index contributed by atoms with van der Waals surface area (Å²) in [6.07, 6.45) is 0. The number of halogens is 1. The molecular formula is C13H9BrO3. The maximum Gasteiger partial charge on any atom is 0.344 e. The maximum absolute atomic E-state index is 11.8. The number of aromatic hydroxyl groups is 1. The summed E-state index contributed by atoms with van der Waals surface area (Å²) < 4.78 is 5.80. The highest BCUT2D eigenvalue weighted by atomic mass is 79.9. The van der Waals surface area contributed by atoms with Gasteiger partial charge in [0.1, 0.15) is 11.5 Å². The average molecular weight is 293 g/mol. The van der Waals surface area contributed by atoms with Crippen molar-refractivity contribution >= 4 is 21.9 Å². The van der Waals surface area contributed by atoms with Crippen molar-refractivity contribution in [2.45, 2.75) is 0 Å². The molecule has 0 amide bonds. The van der Waals surface area contributed by atoms with E-state index in [1.807, 2.05) is 6.07 Å². The Morgan fingerprint density at radius 3 is 2.59 bits per heavy atom. The van der Waals surface area contributed by atoms with Crippen molar-refractivity contribution in [2.75, 3.05) is 0 Å². The van der Waals surface area contributed by atoms with Crippen LogP contribution in [0.4, 0.5) is 0 Å². The molecule has 2 aromatic carbocycles. The molecule has 0 fully saturated rings. The monoisotopic (exact) mass is 292 g/mol. The van der Waals surface area contributed by atoms with Gasteiger partial charge in [-0.05, 0) is 40.2 Å². The Balaban J connectivity index is 2.20. The number of carbonyl (C=O) groups excluding carboxylic acids is 1. The van der Waals surface area contributed by atoms with Crippen molar-refractivity contribution in [2.24, 2.45) is 0 Å². The van der Waals surface area contributed by atoms with E-state index in [4.69, 9.17) is 4.74 Å². The van der Waals surface area contributed by atoms with Crippen molar-refractivity contribution in [3.8, 4) is 11.5 Å². The van der Waals surface area contributed by atoms with Crippen molar-refractivity contribution in [3.05, 3.63) is 58.6 Å². The Labute approximate surface area is 107 Å². The molecule has 17 heavy (non-hydrogen) atoms. The SMILES string of the molecule is O=C(Oc1cccc(O)c1)c1ccccc1Br. The van der Waals surface area contributed by atoms with Gasteiger partial charge in [-0.3, -0.25) is 0 Å². The van der Waals surface area contributed by atoms with Gasteiger partial charge in [-0.25, -0.2) is 4.79 Å². The standard InChI is InChI=1S/C13H9BrO3/c14-12-7-2-1-6-11(12)13(16)17-10-5-3-4-9(15)8-10/h1-8,15H. The second kappa shape index (κ2) is 5.01. The molecule has 3 nitrogen and oxygen atoms in total. The van der Waals surface area contributed by atoms with Gasteiger partial charge in [0.05, 0.1) is 5.56 Å². The number of hydrogen-bond donors (Lipinski definition) is 1. The zero-order valence-electron chi connectivity index (χ0n) is 8.76. The summed E-state index contributed by atoms with van der Waals surface area (Å²) in [5.74, 6) is -0.101. The largest absolute Gasteiger partial charge is 0.508 e. The predicted octanol–water partition coefficient (Wildman–Crippen LogP) is 3.37. The molecule has 0 aromatic heterocycles. The minimum Gasteiger partial charge on any atom is -0.508 e. The van der Waals surface area contributed by atoms with Gasteiger partial charge >= 0.3 is 5.97 Å². The van der Waals surface area contributed by atoms with Crippen LogP contribution in [-0.4, -0.2) is 11.1 Å². The van der Waals surface area contributed by atoms with Crippen molar-refractivity contribution in [3.63, 3.8) is 0 Å². The van der Waals surface area contributed by atoms with Crippen LogP contribution in [0.25, 0.3) is 0 Å². The molecule has 0 aliphatic carbocycles. The minimum atomic E-state index is -0.469. The van der Waals surface area contributed by atoms with Gasteiger partial charge in [0.2, 0.25) is 0 Å². The lowest BCUT2D eigenvalue weighted by Crippen LogP contribution is -2.08. The van der Waals surface area contributed by atoms with E-state index in [0.29, 0.717) is 15.8 Å². The fourth-order valence-corrected chi connectivity index (χ4v) is 1.78. The van der Waals surface area contributed by atoms with Gasteiger partial charge in [0.25, 0.3) is 0 Å². The Morgan fingerprint density at radius 2 is 1.88 bits per heavy atom. The topological polar surface area (TPSA) is 46.5 Å². The van der Waals surface area contributed by atoms with Crippen LogP contribution in [0.1, 0.15) is 10.4 Å². The number of carbonyl (C=O) groups is 1. The Bertz CT molecular complexity index is 552. The second-order valence-electron chi connectivity index (χ2n) is 3.37. The van der Waals surface area contributed by atoms with Crippen LogP contribution in [0, 0.1) is 0 Å². The molecule has 0 spiro atoms. The van der Waals surface area contributed by atoms with Gasteiger partial charge in [0, 0.05) is 10.5 Å². The van der Waals surface area contributed by atoms with Gasteiger partial charge in [0.15, 0.2) is 0 Å². The average Bonchev–Trinajstić information content (AvgIpc) is 2.29. The first-order valence-corrected chi connectivity index (χ1v) is 5.72. The lowest BCUT2D eigenvalue weighted by Gasteiger charge is -2.05. The summed E-state index contributed by atoms with van der Waals surface area (Å²) in [7, 11) is 0. The van der Waals surface area contributed by atoms with Gasteiger partial charge in [-0.1, -0.05) is 18.2 Å². The Kier molecular flexibility index (Phi) is 3.44. The third-order valence-corrected chi connectivity index (χ3v) is 2.81. The zero-order valence-corrected chi connectivity index (χ0v) is 10.3. The zero-order chi connectivity index (χ0) is 12.3. The number of esters is 1. The molecule has 0 heterocycles. The van der Waals surface area contributed by atoms with Gasteiger partial charge < -0.3 is 9.84 Å². The highest BCUT2D eigenvalue weighted by molar-refractivity contribution is 9.10. The van der Waals surface area contributed by atoms with E-state index in [0.717, 1.165) is 0 Å². The molecule has 4 heteroatoms. The molecule has 0 saturated heterocycles. The third kappa shape index (κ3) is 2.85. The molecule has 0 atom stereocenters. The van der Waals surface area contributed by atoms with Crippen LogP contribution >= 0.6 is 15.9 Å². The number of rotatable bonds is 2. The van der Waals surface area contributed by atoms with Crippen LogP contribution in [0.3, 0.4) is 0 Å². The first-order chi connectivity index (χ1) is 8.16. The lowest BCUT2D eigenvalue weighted by molar-refractivity contribution is 0.0733. The van der Waals surface area contributed by atoms with Gasteiger partial charge in [-0.2, -0.15) is 0 Å². The molecule has 0 unspecified atom stereocenters. The van der Waals surface area contributed by atoms with Crippen molar-refractivity contribution in [1.82, 2.24) is 0 Å². The molecule has 0 aliphatic rings. The van der Waals surface area contributed by atoms with E-state index in [1.165, 1.54) is 12.1 Å². The smallest absolute Gasteiger partial charge is 0.344 e. The van der Waals surface area contributed by atoms with E-state index >= 15 is 0 Å². The van der Waals surface area contributed by atoms with E-state index < -0.39 is 5.97 Å². The predicted molar refractivity (Wildman–Crippen MR) is 67.2 cm³/mol. The summed E-state index contributed by atoms with van der Waals surface area (Å²) in [6, 6.07) is 13.1. The number of ether oxygens (including phenoxy) is 1. The first kappa shape index (κ1) is 11.7. The summed E-state index contributed by atoms with van der Waals surface area (Å²) in [4.78, 5) is 11.8. The van der Waals surface area contributed by atoms with E-state index in [2.05, 4.69) is 15.9 Å². The number of phenolic OH excluding ortho intramolecular Hbond substituents is 1. The molecule has 1 N–H and O–H groups in total.